The van der Waals surface area contributed by atoms with E-state index in [9.17, 15) is 4.79 Å². The van der Waals surface area contributed by atoms with Crippen molar-refractivity contribution in [1.29, 1.82) is 0 Å². The number of hydrogen-bond acceptors (Lipinski definition) is 1. The van der Waals surface area contributed by atoms with Crippen LogP contribution in [0.3, 0.4) is 0 Å². The molecule has 1 aliphatic heterocycles. The molecule has 0 bridgehead atoms. The molecule has 0 saturated heterocycles. The molecule has 0 radical (unpaired) electrons. The Kier molecular flexibility index (Phi) is 2.63. The lowest BCUT2D eigenvalue weighted by atomic mass is 9.71. The van der Waals surface area contributed by atoms with Gasteiger partial charge in [0.2, 0.25) is 5.91 Å². The number of fused-ring (bicyclic) bond motifs is 2. The Bertz CT molecular complexity index is 564. The zero-order valence-electron chi connectivity index (χ0n) is 10.7. The lowest BCUT2D eigenvalue weighted by Gasteiger charge is -2.30. The maximum absolute atomic E-state index is 12.6. The molecule has 1 amide bonds. The number of hydrogen-bond donors (Lipinski definition) is 0. The average molecular weight is 306 g/mol. The van der Waals surface area contributed by atoms with Crippen LogP contribution in [-0.2, 0) is 10.2 Å². The molecule has 94 valence electrons. The number of rotatable bonds is 0. The summed E-state index contributed by atoms with van der Waals surface area (Å²) >= 11 is 3.48. The highest BCUT2D eigenvalue weighted by Crippen LogP contribution is 2.49. The zero-order valence-corrected chi connectivity index (χ0v) is 12.3. The Morgan fingerprint density at radius 3 is 2.83 bits per heavy atom. The third-order valence-electron chi connectivity index (χ3n) is 4.30. The predicted molar refractivity (Wildman–Crippen MR) is 76.8 cm³/mol. The maximum atomic E-state index is 12.6. The van der Waals surface area contributed by atoms with Gasteiger partial charge < -0.3 is 4.90 Å². The Morgan fingerprint density at radius 1 is 1.39 bits per heavy atom. The Labute approximate surface area is 116 Å². The predicted octanol–water partition coefficient (Wildman–Crippen LogP) is 3.79. The summed E-state index contributed by atoms with van der Waals surface area (Å²) in [5.41, 5.74) is 3.36. The van der Waals surface area contributed by atoms with E-state index in [1.54, 1.807) is 0 Å². The molecular weight excluding hydrogens is 290 g/mol. The van der Waals surface area contributed by atoms with Crippen molar-refractivity contribution in [3.05, 3.63) is 39.9 Å². The van der Waals surface area contributed by atoms with Crippen LogP contribution in [0.4, 0.5) is 5.69 Å². The molecule has 1 aromatic carbocycles. The fourth-order valence-corrected chi connectivity index (χ4v) is 3.48. The molecular formula is C15H16BrNO. The standard InChI is InChI=1S/C15H16BrNO/c1-10-5-7-15(8-6-10)12-4-3-11(16)9-13(12)17(2)14(15)18/h3-5,9H,6-8H2,1-2H3/t15-/m0/s1. The van der Waals surface area contributed by atoms with Gasteiger partial charge in [0.05, 0.1) is 5.41 Å². The van der Waals surface area contributed by atoms with Crippen LogP contribution in [0.2, 0.25) is 0 Å². The van der Waals surface area contributed by atoms with Gasteiger partial charge in [-0.3, -0.25) is 4.79 Å². The van der Waals surface area contributed by atoms with Crippen molar-refractivity contribution in [2.45, 2.75) is 31.6 Å². The van der Waals surface area contributed by atoms with E-state index in [1.165, 1.54) is 11.1 Å². The second-order valence-electron chi connectivity index (χ2n) is 5.36. The van der Waals surface area contributed by atoms with Gasteiger partial charge in [0, 0.05) is 17.2 Å². The molecule has 2 nitrogen and oxygen atoms in total. The average Bonchev–Trinajstić information content (AvgIpc) is 2.56. The molecule has 1 aromatic rings. The van der Waals surface area contributed by atoms with E-state index >= 15 is 0 Å². The molecule has 0 aromatic heterocycles. The second-order valence-corrected chi connectivity index (χ2v) is 6.28. The molecule has 18 heavy (non-hydrogen) atoms. The molecule has 3 heteroatoms. The molecule has 3 rings (SSSR count). The van der Waals surface area contributed by atoms with E-state index < -0.39 is 0 Å². The van der Waals surface area contributed by atoms with Gasteiger partial charge in [-0.1, -0.05) is 33.6 Å². The summed E-state index contributed by atoms with van der Waals surface area (Å²) in [6.07, 6.45) is 5.03. The first kappa shape index (κ1) is 12.0. The van der Waals surface area contributed by atoms with Crippen molar-refractivity contribution in [2.24, 2.45) is 0 Å². The van der Waals surface area contributed by atoms with E-state index in [-0.39, 0.29) is 11.3 Å². The van der Waals surface area contributed by atoms with E-state index in [1.807, 2.05) is 24.1 Å². The van der Waals surface area contributed by atoms with Crippen LogP contribution in [-0.4, -0.2) is 13.0 Å². The molecule has 0 saturated carbocycles. The van der Waals surface area contributed by atoms with Crippen LogP contribution in [0.15, 0.2) is 34.3 Å². The lowest BCUT2D eigenvalue weighted by molar-refractivity contribution is -0.123. The van der Waals surface area contributed by atoms with Gasteiger partial charge in [0.1, 0.15) is 0 Å². The van der Waals surface area contributed by atoms with E-state index in [4.69, 9.17) is 0 Å². The van der Waals surface area contributed by atoms with Gasteiger partial charge in [0.25, 0.3) is 0 Å². The highest BCUT2D eigenvalue weighted by Gasteiger charge is 2.49. The third-order valence-corrected chi connectivity index (χ3v) is 4.79. The quantitative estimate of drug-likeness (QED) is 0.668. The first-order valence-electron chi connectivity index (χ1n) is 6.28. The summed E-state index contributed by atoms with van der Waals surface area (Å²) in [7, 11) is 1.88. The number of halogens is 1. The fourth-order valence-electron chi connectivity index (χ4n) is 3.13. The van der Waals surface area contributed by atoms with Gasteiger partial charge in [-0.25, -0.2) is 0 Å². The van der Waals surface area contributed by atoms with Gasteiger partial charge >= 0.3 is 0 Å². The number of carbonyl (C=O) groups is 1. The van der Waals surface area contributed by atoms with E-state index in [0.29, 0.717) is 0 Å². The molecule has 1 spiro atoms. The molecule has 1 atom stereocenters. The van der Waals surface area contributed by atoms with Gasteiger partial charge in [-0.15, -0.1) is 0 Å². The molecule has 0 unspecified atom stereocenters. The minimum atomic E-state index is -0.301. The smallest absolute Gasteiger partial charge is 0.237 e. The van der Waals surface area contributed by atoms with Crippen molar-refractivity contribution in [3.8, 4) is 0 Å². The summed E-state index contributed by atoms with van der Waals surface area (Å²) in [6.45, 7) is 2.15. The monoisotopic (exact) mass is 305 g/mol. The van der Waals surface area contributed by atoms with Gasteiger partial charge in [0.15, 0.2) is 0 Å². The van der Waals surface area contributed by atoms with Crippen LogP contribution in [0, 0.1) is 0 Å². The normalized spacial score (nSPS) is 26.5. The zero-order chi connectivity index (χ0) is 12.9. The van der Waals surface area contributed by atoms with E-state index in [0.717, 1.165) is 29.4 Å². The van der Waals surface area contributed by atoms with Crippen LogP contribution in [0.1, 0.15) is 31.7 Å². The Morgan fingerprint density at radius 2 is 2.17 bits per heavy atom. The topological polar surface area (TPSA) is 20.3 Å². The highest BCUT2D eigenvalue weighted by molar-refractivity contribution is 9.10. The summed E-state index contributed by atoms with van der Waals surface area (Å²) < 4.78 is 1.03. The van der Waals surface area contributed by atoms with Gasteiger partial charge in [-0.2, -0.15) is 0 Å². The number of carbonyl (C=O) groups excluding carboxylic acids is 1. The molecule has 1 heterocycles. The molecule has 2 aliphatic rings. The minimum Gasteiger partial charge on any atom is -0.314 e. The number of benzene rings is 1. The van der Waals surface area contributed by atoms with Crippen LogP contribution < -0.4 is 4.90 Å². The summed E-state index contributed by atoms with van der Waals surface area (Å²) in [5, 5.41) is 0. The Balaban J connectivity index is 2.16. The van der Waals surface area contributed by atoms with Crippen molar-refractivity contribution in [1.82, 2.24) is 0 Å². The highest BCUT2D eigenvalue weighted by atomic mass is 79.9. The number of amides is 1. The van der Waals surface area contributed by atoms with E-state index in [2.05, 4.69) is 35.0 Å². The Hall–Kier alpha value is -1.09. The van der Waals surface area contributed by atoms with Crippen molar-refractivity contribution < 1.29 is 4.79 Å². The van der Waals surface area contributed by atoms with Crippen molar-refractivity contribution >= 4 is 27.5 Å². The van der Waals surface area contributed by atoms with Crippen LogP contribution >= 0.6 is 15.9 Å². The largest absolute Gasteiger partial charge is 0.314 e. The number of anilines is 1. The van der Waals surface area contributed by atoms with Crippen molar-refractivity contribution in [2.75, 3.05) is 11.9 Å². The number of allylic oxidation sites excluding steroid dienone is 2. The third kappa shape index (κ3) is 1.50. The summed E-state index contributed by atoms with van der Waals surface area (Å²) in [4.78, 5) is 14.5. The maximum Gasteiger partial charge on any atom is 0.237 e. The molecule has 1 aliphatic carbocycles. The first-order chi connectivity index (χ1) is 8.54. The lowest BCUT2D eigenvalue weighted by Crippen LogP contribution is -2.39. The van der Waals surface area contributed by atoms with Crippen molar-refractivity contribution in [3.63, 3.8) is 0 Å². The first-order valence-corrected chi connectivity index (χ1v) is 7.08. The number of likely N-dealkylation sites (N-methyl/N-ethyl adjacent to an activating group) is 1. The number of nitrogens with zero attached hydrogens (tertiary/aromatic N) is 1. The summed E-state index contributed by atoms with van der Waals surface area (Å²) in [6, 6.07) is 6.20. The molecule has 0 fully saturated rings. The minimum absolute atomic E-state index is 0.249. The summed E-state index contributed by atoms with van der Waals surface area (Å²) in [5.74, 6) is 0.249. The SMILES string of the molecule is CC1=CC[C@@]2(CC1)C(=O)N(C)c1cc(Br)ccc12. The second kappa shape index (κ2) is 3.95. The van der Waals surface area contributed by atoms with Crippen LogP contribution in [0.5, 0.6) is 0 Å². The fraction of sp³-hybridized carbons (Fsp3) is 0.400. The molecule has 0 N–H and O–H groups in total. The van der Waals surface area contributed by atoms with Gasteiger partial charge in [-0.05, 0) is 43.9 Å². The van der Waals surface area contributed by atoms with Crippen LogP contribution in [0.25, 0.3) is 0 Å².